The van der Waals surface area contributed by atoms with Gasteiger partial charge < -0.3 is 18.9 Å². The molecule has 0 aliphatic carbocycles. The Balaban J connectivity index is 2.15. The molecule has 22 heavy (non-hydrogen) atoms. The van der Waals surface area contributed by atoms with Gasteiger partial charge in [-0.3, -0.25) is 10.9 Å². The average molecular weight is 310 g/mol. The van der Waals surface area contributed by atoms with Crippen LogP contribution >= 0.6 is 0 Å². The zero-order valence-corrected chi connectivity index (χ0v) is 12.3. The Labute approximate surface area is 125 Å². The molecule has 0 fully saturated rings. The van der Waals surface area contributed by atoms with Crippen LogP contribution in [0.15, 0.2) is 0 Å². The second-order valence-electron chi connectivity index (χ2n) is 3.51. The van der Waals surface area contributed by atoms with Crippen LogP contribution in [0.2, 0.25) is 0 Å². The third-order valence-corrected chi connectivity index (χ3v) is 2.21. The molecule has 2 heterocycles. The van der Waals surface area contributed by atoms with Crippen molar-refractivity contribution in [2.24, 2.45) is 0 Å². The van der Waals surface area contributed by atoms with Crippen LogP contribution < -0.4 is 29.8 Å². The first-order chi connectivity index (χ1) is 10.7. The van der Waals surface area contributed by atoms with Crippen molar-refractivity contribution in [3.63, 3.8) is 0 Å². The van der Waals surface area contributed by atoms with Crippen molar-refractivity contribution in [1.82, 2.24) is 29.9 Å². The highest BCUT2D eigenvalue weighted by Crippen LogP contribution is 2.14. The van der Waals surface area contributed by atoms with Crippen LogP contribution in [-0.4, -0.2) is 58.3 Å². The minimum Gasteiger partial charge on any atom is -0.467 e. The van der Waals surface area contributed by atoms with Gasteiger partial charge in [0.05, 0.1) is 28.4 Å². The molecule has 0 saturated carbocycles. The third-order valence-electron chi connectivity index (χ3n) is 2.21. The molecule has 0 radical (unpaired) electrons. The van der Waals surface area contributed by atoms with Gasteiger partial charge in [0, 0.05) is 0 Å². The average Bonchev–Trinajstić information content (AvgIpc) is 2.59. The van der Waals surface area contributed by atoms with E-state index >= 15 is 0 Å². The van der Waals surface area contributed by atoms with Crippen molar-refractivity contribution in [1.29, 1.82) is 0 Å². The Morgan fingerprint density at radius 2 is 0.773 bits per heavy atom. The molecule has 2 aromatic rings. The second-order valence-corrected chi connectivity index (χ2v) is 3.51. The van der Waals surface area contributed by atoms with Crippen LogP contribution in [0, 0.1) is 0 Å². The minimum atomic E-state index is 0.0851. The standard InChI is InChI=1S/C10H14N8O4/c1-19-7-11-5(12-8(15-7)20-2)17-18-6-13-9(21-3)16-10(14-6)22-4/h1-4H3,(H,11,12,15,17)(H,13,14,16,18). The number of rotatable bonds is 7. The molecule has 0 spiro atoms. The van der Waals surface area contributed by atoms with Crippen molar-refractivity contribution in [2.45, 2.75) is 0 Å². The fourth-order valence-electron chi connectivity index (χ4n) is 1.26. The number of anilines is 2. The van der Waals surface area contributed by atoms with Gasteiger partial charge >= 0.3 is 24.0 Å². The molecule has 2 aromatic heterocycles. The van der Waals surface area contributed by atoms with Crippen molar-refractivity contribution >= 4 is 11.9 Å². The molecule has 2 rings (SSSR count). The molecule has 0 saturated heterocycles. The van der Waals surface area contributed by atoms with Crippen molar-refractivity contribution in [2.75, 3.05) is 39.3 Å². The van der Waals surface area contributed by atoms with E-state index in [4.69, 9.17) is 18.9 Å². The van der Waals surface area contributed by atoms with E-state index in [2.05, 4.69) is 40.8 Å². The van der Waals surface area contributed by atoms with E-state index in [0.717, 1.165) is 0 Å². The summed E-state index contributed by atoms with van der Waals surface area (Å²) in [6.45, 7) is 0. The Morgan fingerprint density at radius 3 is 1.00 bits per heavy atom. The van der Waals surface area contributed by atoms with Gasteiger partial charge in [0.1, 0.15) is 0 Å². The maximum Gasteiger partial charge on any atom is 0.324 e. The number of aromatic nitrogens is 6. The number of nitrogens with one attached hydrogen (secondary N) is 2. The summed E-state index contributed by atoms with van der Waals surface area (Å²) < 4.78 is 19.7. The summed E-state index contributed by atoms with van der Waals surface area (Å²) >= 11 is 0. The van der Waals surface area contributed by atoms with E-state index in [0.29, 0.717) is 0 Å². The van der Waals surface area contributed by atoms with Crippen molar-refractivity contribution in [3.05, 3.63) is 0 Å². The Kier molecular flexibility index (Phi) is 4.85. The summed E-state index contributed by atoms with van der Waals surface area (Å²) in [6, 6.07) is 0.341. The highest BCUT2D eigenvalue weighted by Gasteiger charge is 2.09. The zero-order chi connectivity index (χ0) is 15.9. The van der Waals surface area contributed by atoms with Crippen LogP contribution in [0.1, 0.15) is 0 Å². The number of hydrazine groups is 1. The van der Waals surface area contributed by atoms with Gasteiger partial charge in [-0.05, 0) is 0 Å². The fourth-order valence-corrected chi connectivity index (χ4v) is 1.26. The van der Waals surface area contributed by atoms with Crippen LogP contribution in [-0.2, 0) is 0 Å². The first kappa shape index (κ1) is 15.2. The largest absolute Gasteiger partial charge is 0.467 e. The minimum absolute atomic E-state index is 0.0851. The number of methoxy groups -OCH3 is 4. The van der Waals surface area contributed by atoms with Crippen LogP contribution in [0.4, 0.5) is 11.9 Å². The lowest BCUT2D eigenvalue weighted by Gasteiger charge is -2.09. The lowest BCUT2D eigenvalue weighted by Crippen LogP contribution is -2.16. The summed E-state index contributed by atoms with van der Waals surface area (Å²) in [7, 11) is 5.70. The van der Waals surface area contributed by atoms with E-state index in [1.807, 2.05) is 0 Å². The maximum atomic E-state index is 4.93. The van der Waals surface area contributed by atoms with Gasteiger partial charge in [-0.1, -0.05) is 0 Å². The first-order valence-electron chi connectivity index (χ1n) is 5.88. The molecule has 0 amide bonds. The molecule has 0 aliphatic heterocycles. The fraction of sp³-hybridized carbons (Fsp3) is 0.400. The molecule has 0 atom stereocenters. The molecule has 12 heteroatoms. The lowest BCUT2D eigenvalue weighted by atomic mass is 10.8. The van der Waals surface area contributed by atoms with Crippen LogP contribution in [0.5, 0.6) is 24.0 Å². The van der Waals surface area contributed by atoms with E-state index in [9.17, 15) is 0 Å². The lowest BCUT2D eigenvalue weighted by molar-refractivity contribution is 0.340. The molecule has 118 valence electrons. The van der Waals surface area contributed by atoms with Crippen LogP contribution in [0.3, 0.4) is 0 Å². The molecule has 2 N–H and O–H groups in total. The van der Waals surface area contributed by atoms with E-state index < -0.39 is 0 Å². The quantitative estimate of drug-likeness (QED) is 0.639. The molecule has 12 nitrogen and oxygen atoms in total. The number of ether oxygens (including phenoxy) is 4. The summed E-state index contributed by atoms with van der Waals surface area (Å²) in [5, 5.41) is 0. The summed E-state index contributed by atoms with van der Waals surface area (Å²) in [6.07, 6.45) is 0. The molecule has 0 unspecified atom stereocenters. The predicted molar refractivity (Wildman–Crippen MR) is 73.1 cm³/mol. The molecular formula is C10H14N8O4. The third kappa shape index (κ3) is 3.68. The predicted octanol–water partition coefficient (Wildman–Crippen LogP) is -0.470. The van der Waals surface area contributed by atoms with Crippen molar-refractivity contribution < 1.29 is 18.9 Å². The van der Waals surface area contributed by atoms with Gasteiger partial charge in [-0.25, -0.2) is 0 Å². The summed E-state index contributed by atoms with van der Waals surface area (Å²) in [4.78, 5) is 23.6. The van der Waals surface area contributed by atoms with Crippen molar-refractivity contribution in [3.8, 4) is 24.0 Å². The highest BCUT2D eigenvalue weighted by atomic mass is 16.5. The molecular weight excluding hydrogens is 296 g/mol. The van der Waals surface area contributed by atoms with Gasteiger partial charge in [-0.15, -0.1) is 9.97 Å². The van der Waals surface area contributed by atoms with Gasteiger partial charge in [0.15, 0.2) is 0 Å². The highest BCUT2D eigenvalue weighted by molar-refractivity contribution is 5.37. The molecule has 0 aromatic carbocycles. The van der Waals surface area contributed by atoms with E-state index in [-0.39, 0.29) is 35.9 Å². The van der Waals surface area contributed by atoms with E-state index in [1.165, 1.54) is 28.4 Å². The van der Waals surface area contributed by atoms with Gasteiger partial charge in [-0.2, -0.15) is 19.9 Å². The molecule has 0 bridgehead atoms. The number of nitrogens with zero attached hydrogens (tertiary/aromatic N) is 6. The second kappa shape index (κ2) is 7.01. The van der Waals surface area contributed by atoms with E-state index in [1.54, 1.807) is 0 Å². The van der Waals surface area contributed by atoms with Crippen LogP contribution in [0.25, 0.3) is 0 Å². The SMILES string of the molecule is COc1nc(NNc2nc(OC)nc(OC)n2)nc(OC)n1. The number of hydrogen-bond donors (Lipinski definition) is 2. The van der Waals surface area contributed by atoms with Gasteiger partial charge in [0.2, 0.25) is 0 Å². The summed E-state index contributed by atoms with van der Waals surface area (Å²) in [5.74, 6) is 0.282. The van der Waals surface area contributed by atoms with Gasteiger partial charge in [0.25, 0.3) is 11.9 Å². The zero-order valence-electron chi connectivity index (χ0n) is 12.3. The normalized spacial score (nSPS) is 9.82. The maximum absolute atomic E-state index is 4.93. The Morgan fingerprint density at radius 1 is 0.500 bits per heavy atom. The molecule has 0 aliphatic rings. The Bertz CT molecular complexity index is 540. The summed E-state index contributed by atoms with van der Waals surface area (Å²) in [5.41, 5.74) is 5.35. The monoisotopic (exact) mass is 310 g/mol. The number of hydrogen-bond acceptors (Lipinski definition) is 12. The smallest absolute Gasteiger partial charge is 0.324 e. The Hall–Kier alpha value is -3.18. The first-order valence-corrected chi connectivity index (χ1v) is 5.88. The topological polar surface area (TPSA) is 138 Å².